The van der Waals surface area contributed by atoms with Crippen LogP contribution in [-0.4, -0.2) is 47.6 Å². The fraction of sp³-hybridized carbons (Fsp3) is 0.500. The minimum atomic E-state index is -1.49. The van der Waals surface area contributed by atoms with Crippen molar-refractivity contribution in [3.05, 3.63) is 82.9 Å². The summed E-state index contributed by atoms with van der Waals surface area (Å²) in [4.78, 5) is 28.8. The largest absolute Gasteiger partial charge is 0.467 e. The predicted molar refractivity (Wildman–Crippen MR) is 155 cm³/mol. The minimum absolute atomic E-state index is 0.0167. The molecule has 0 spiro atoms. The maximum Gasteiger partial charge on any atom is 0.249 e. The summed E-state index contributed by atoms with van der Waals surface area (Å²) in [6.07, 6.45) is 5.27. The highest BCUT2D eigenvalue weighted by molar-refractivity contribution is 5.96. The van der Waals surface area contributed by atoms with E-state index in [4.69, 9.17) is 10.2 Å². The molecule has 0 radical (unpaired) electrons. The molecule has 3 atom stereocenters. The maximum absolute atomic E-state index is 14.2. The van der Waals surface area contributed by atoms with Crippen LogP contribution in [0.4, 0.5) is 8.78 Å². The number of furan rings is 1. The van der Waals surface area contributed by atoms with Crippen LogP contribution in [0.1, 0.15) is 65.2 Å². The zero-order valence-corrected chi connectivity index (χ0v) is 24.7. The molecule has 224 valence electrons. The summed E-state index contributed by atoms with van der Waals surface area (Å²) in [5.41, 5.74) is 5.27. The van der Waals surface area contributed by atoms with Crippen molar-refractivity contribution in [2.75, 3.05) is 19.6 Å². The van der Waals surface area contributed by atoms with Gasteiger partial charge in [0.15, 0.2) is 0 Å². The summed E-state index contributed by atoms with van der Waals surface area (Å²) >= 11 is 0. The highest BCUT2D eigenvalue weighted by Crippen LogP contribution is 2.44. The highest BCUT2D eigenvalue weighted by Gasteiger charge is 2.49. The van der Waals surface area contributed by atoms with Crippen LogP contribution in [0, 0.1) is 23.0 Å². The van der Waals surface area contributed by atoms with Crippen molar-refractivity contribution >= 4 is 11.8 Å². The number of carbonyl (C=O) groups excluding carboxylic acids is 2. The third kappa shape index (κ3) is 7.71. The van der Waals surface area contributed by atoms with Crippen molar-refractivity contribution in [3.63, 3.8) is 0 Å². The van der Waals surface area contributed by atoms with Crippen molar-refractivity contribution in [2.45, 2.75) is 71.9 Å². The summed E-state index contributed by atoms with van der Waals surface area (Å²) in [5.74, 6) is -2.71. The molecule has 2 aromatic rings. The van der Waals surface area contributed by atoms with E-state index >= 15 is 0 Å². The quantitative estimate of drug-likeness (QED) is 0.296. The molecule has 9 heteroatoms. The zero-order chi connectivity index (χ0) is 30.4. The Morgan fingerprint density at radius 3 is 2.34 bits per heavy atom. The molecule has 1 aliphatic carbocycles. The molecule has 4 N–H and O–H groups in total. The fourth-order valence-electron chi connectivity index (χ4n) is 5.78. The van der Waals surface area contributed by atoms with E-state index in [9.17, 15) is 23.5 Å². The number of hydrogen-bond donors (Lipinski definition) is 3. The van der Waals surface area contributed by atoms with Crippen LogP contribution in [0.3, 0.4) is 0 Å². The number of nitrogens with one attached hydrogen (secondary N) is 1. The highest BCUT2D eigenvalue weighted by atomic mass is 19.1. The molecule has 1 aromatic heterocycles. The van der Waals surface area contributed by atoms with Gasteiger partial charge in [0.2, 0.25) is 11.8 Å². The number of nitrogens with zero attached hydrogens (tertiary/aromatic N) is 1. The molecule has 1 aliphatic rings. The second-order valence-corrected chi connectivity index (χ2v) is 11.6. The monoisotopic (exact) mass is 571 g/mol. The molecule has 1 heterocycles. The summed E-state index contributed by atoms with van der Waals surface area (Å²) in [7, 11) is 0. The van der Waals surface area contributed by atoms with Crippen LogP contribution in [0.25, 0.3) is 0 Å². The van der Waals surface area contributed by atoms with Gasteiger partial charge in [0.25, 0.3) is 0 Å². The molecule has 0 bridgehead atoms. The Kier molecular flexibility index (Phi) is 10.7. The molecule has 2 amide bonds. The normalized spacial score (nSPS) is 18.8. The Balaban J connectivity index is 2.04. The maximum atomic E-state index is 14.2. The topological polar surface area (TPSA) is 109 Å². The first kappa shape index (κ1) is 32.2. The first-order valence-corrected chi connectivity index (χ1v) is 14.2. The first-order chi connectivity index (χ1) is 19.3. The number of aliphatic hydroxyl groups is 1. The third-order valence-corrected chi connectivity index (χ3v) is 7.77. The van der Waals surface area contributed by atoms with Gasteiger partial charge < -0.3 is 25.5 Å². The van der Waals surface area contributed by atoms with Crippen LogP contribution in [-0.2, 0) is 21.5 Å². The SMILES string of the molecule is CCCN(CCC)C(=O)C1=CC(C)=CC(C(N)=O)([C@H](Cc2cc(F)cc(F)c2)[C@@H](O)CNC(C)(C)c2ccco2)C1. The van der Waals surface area contributed by atoms with Gasteiger partial charge in [0.1, 0.15) is 17.4 Å². The second-order valence-electron chi connectivity index (χ2n) is 11.6. The molecule has 41 heavy (non-hydrogen) atoms. The first-order valence-electron chi connectivity index (χ1n) is 14.2. The van der Waals surface area contributed by atoms with E-state index in [0.717, 1.165) is 18.9 Å². The number of rotatable bonds is 14. The molecular weight excluding hydrogens is 528 g/mol. The number of hydrogen-bond acceptors (Lipinski definition) is 5. The lowest BCUT2D eigenvalue weighted by molar-refractivity contribution is -0.132. The van der Waals surface area contributed by atoms with E-state index in [-0.39, 0.29) is 30.9 Å². The van der Waals surface area contributed by atoms with Crippen LogP contribution in [0.15, 0.2) is 64.3 Å². The van der Waals surface area contributed by atoms with E-state index in [1.54, 1.807) is 36.3 Å². The van der Waals surface area contributed by atoms with Gasteiger partial charge in [0, 0.05) is 37.2 Å². The third-order valence-electron chi connectivity index (χ3n) is 7.77. The van der Waals surface area contributed by atoms with E-state index in [0.29, 0.717) is 30.0 Å². The Morgan fingerprint density at radius 1 is 1.17 bits per heavy atom. The van der Waals surface area contributed by atoms with Crippen LogP contribution < -0.4 is 11.1 Å². The van der Waals surface area contributed by atoms with E-state index < -0.39 is 40.5 Å². The van der Waals surface area contributed by atoms with Crippen molar-refractivity contribution < 1.29 is 27.9 Å². The van der Waals surface area contributed by atoms with E-state index in [1.807, 2.05) is 33.8 Å². The molecule has 0 aliphatic heterocycles. The smallest absolute Gasteiger partial charge is 0.249 e. The zero-order valence-electron chi connectivity index (χ0n) is 24.7. The summed E-state index contributed by atoms with van der Waals surface area (Å²) in [6.45, 7) is 10.7. The number of halogens is 2. The van der Waals surface area contributed by atoms with Gasteiger partial charge in [-0.25, -0.2) is 8.78 Å². The summed E-state index contributed by atoms with van der Waals surface area (Å²) < 4.78 is 34.0. The fourth-order valence-corrected chi connectivity index (χ4v) is 5.78. The molecule has 1 unspecified atom stereocenters. The van der Waals surface area contributed by atoms with Gasteiger partial charge in [-0.15, -0.1) is 0 Å². The molecular formula is C32H43F2N3O4. The lowest BCUT2D eigenvalue weighted by atomic mass is 9.63. The van der Waals surface area contributed by atoms with Crippen molar-refractivity contribution in [1.29, 1.82) is 0 Å². The van der Waals surface area contributed by atoms with Gasteiger partial charge in [-0.05, 0) is 76.3 Å². The van der Waals surface area contributed by atoms with Gasteiger partial charge in [-0.2, -0.15) is 0 Å². The van der Waals surface area contributed by atoms with Crippen LogP contribution >= 0.6 is 0 Å². The van der Waals surface area contributed by atoms with Crippen LogP contribution in [0.5, 0.6) is 0 Å². The number of aliphatic hydroxyl groups excluding tert-OH is 1. The van der Waals surface area contributed by atoms with E-state index in [2.05, 4.69) is 5.32 Å². The molecule has 1 aromatic carbocycles. The lowest BCUT2D eigenvalue weighted by Gasteiger charge is -2.42. The predicted octanol–water partition coefficient (Wildman–Crippen LogP) is 5.00. The molecule has 0 saturated carbocycles. The van der Waals surface area contributed by atoms with Gasteiger partial charge in [-0.1, -0.05) is 31.6 Å². The van der Waals surface area contributed by atoms with Crippen molar-refractivity contribution in [2.24, 2.45) is 17.1 Å². The van der Waals surface area contributed by atoms with Gasteiger partial charge in [0.05, 0.1) is 23.3 Å². The summed E-state index contributed by atoms with van der Waals surface area (Å²) in [5, 5.41) is 15.0. The van der Waals surface area contributed by atoms with Crippen molar-refractivity contribution in [3.8, 4) is 0 Å². The Morgan fingerprint density at radius 2 is 1.80 bits per heavy atom. The number of amides is 2. The molecule has 0 saturated heterocycles. The number of carbonyl (C=O) groups is 2. The lowest BCUT2D eigenvalue weighted by Crippen LogP contribution is -2.53. The second kappa shape index (κ2) is 13.6. The Labute approximate surface area is 241 Å². The Hall–Kier alpha value is -3.30. The summed E-state index contributed by atoms with van der Waals surface area (Å²) in [6, 6.07) is 6.71. The molecule has 7 nitrogen and oxygen atoms in total. The standard InChI is InChI=1S/C32H43F2N3O4/c1-6-10-37(11-7-2)29(39)23-13-21(3)18-32(19-23,30(35)40)26(16-22-14-24(33)17-25(34)15-22)27(38)20-36-31(4,5)28-9-8-12-41-28/h8-9,12-15,17-18,26-27,36,38H,6-7,10-11,16,19-20H2,1-5H3,(H2,35,40)/t26-,27+,32?/m1/s1. The Bertz CT molecular complexity index is 1250. The number of benzene rings is 1. The minimum Gasteiger partial charge on any atom is -0.467 e. The number of primary amides is 1. The number of nitrogens with two attached hydrogens (primary N) is 1. The average Bonchev–Trinajstić information content (AvgIpc) is 3.45. The average molecular weight is 572 g/mol. The number of allylic oxidation sites excluding steroid dienone is 2. The van der Waals surface area contributed by atoms with E-state index in [1.165, 1.54) is 12.1 Å². The molecule has 0 fully saturated rings. The molecule has 3 rings (SSSR count). The van der Waals surface area contributed by atoms with Gasteiger partial charge in [-0.3, -0.25) is 9.59 Å². The van der Waals surface area contributed by atoms with Crippen LogP contribution in [0.2, 0.25) is 0 Å². The van der Waals surface area contributed by atoms with Crippen molar-refractivity contribution in [1.82, 2.24) is 10.2 Å². The van der Waals surface area contributed by atoms with Gasteiger partial charge >= 0.3 is 0 Å².